The van der Waals surface area contributed by atoms with Crippen molar-refractivity contribution < 1.29 is 19.4 Å². The molecule has 0 spiro atoms. The molecule has 0 saturated heterocycles. The number of rotatable bonds is 9. The normalized spacial score (nSPS) is 10.7. The number of nitrogens with zero attached hydrogens (tertiary/aromatic N) is 3. The number of halogens is 1. The Morgan fingerprint density at radius 1 is 1.06 bits per heavy atom. The Morgan fingerprint density at radius 3 is 2.54 bits per heavy atom. The summed E-state index contributed by atoms with van der Waals surface area (Å²) in [5.74, 6) is -0.823. The minimum absolute atomic E-state index is 0.192. The number of thiazole rings is 1. The third kappa shape index (κ3) is 6.73. The van der Waals surface area contributed by atoms with Crippen molar-refractivity contribution in [3.63, 3.8) is 0 Å². The van der Waals surface area contributed by atoms with Crippen LogP contribution in [0.5, 0.6) is 5.75 Å². The van der Waals surface area contributed by atoms with Gasteiger partial charge in [0.2, 0.25) is 0 Å². The van der Waals surface area contributed by atoms with E-state index in [2.05, 4.69) is 20.3 Å². The van der Waals surface area contributed by atoms with Gasteiger partial charge < -0.3 is 9.84 Å². The van der Waals surface area contributed by atoms with E-state index >= 15 is 0 Å². The van der Waals surface area contributed by atoms with Gasteiger partial charge in [0, 0.05) is 16.0 Å². The van der Waals surface area contributed by atoms with Crippen molar-refractivity contribution in [1.29, 1.82) is 0 Å². The minimum atomic E-state index is -1.06. The molecule has 2 N–H and O–H groups in total. The van der Waals surface area contributed by atoms with Crippen molar-refractivity contribution >= 4 is 63.5 Å². The zero-order chi connectivity index (χ0) is 24.8. The molecule has 35 heavy (non-hydrogen) atoms. The van der Waals surface area contributed by atoms with Crippen LogP contribution in [0.15, 0.2) is 80.6 Å². The summed E-state index contributed by atoms with van der Waals surface area (Å²) in [7, 11) is 1.60. The lowest BCUT2D eigenvalue weighted by molar-refractivity contribution is -0.136. The van der Waals surface area contributed by atoms with Gasteiger partial charge >= 0.3 is 5.97 Å². The number of carbonyl (C=O) groups excluding carboxylic acids is 1. The van der Waals surface area contributed by atoms with Gasteiger partial charge in [0.15, 0.2) is 5.13 Å². The monoisotopic (exact) mass is 544 g/mol. The van der Waals surface area contributed by atoms with Gasteiger partial charge in [-0.2, -0.15) is 0 Å². The van der Waals surface area contributed by atoms with Gasteiger partial charge in [-0.15, -0.1) is 0 Å². The molecule has 0 saturated carbocycles. The first-order valence-electron chi connectivity index (χ1n) is 10.0. The van der Waals surface area contributed by atoms with E-state index < -0.39 is 11.9 Å². The van der Waals surface area contributed by atoms with Crippen molar-refractivity contribution in [1.82, 2.24) is 15.0 Å². The van der Waals surface area contributed by atoms with Gasteiger partial charge in [0.1, 0.15) is 25.8 Å². The van der Waals surface area contributed by atoms with E-state index in [4.69, 9.17) is 21.4 Å². The summed E-state index contributed by atoms with van der Waals surface area (Å²) in [5, 5.41) is 13.2. The van der Waals surface area contributed by atoms with Crippen LogP contribution in [0.25, 0.3) is 0 Å². The molecule has 3 aromatic heterocycles. The second-order valence-corrected chi connectivity index (χ2v) is 10.6. The first-order valence-corrected chi connectivity index (χ1v) is 12.8. The Labute approximate surface area is 218 Å². The molecule has 3 heterocycles. The van der Waals surface area contributed by atoms with Crippen LogP contribution in [0, 0.1) is 0 Å². The van der Waals surface area contributed by atoms with Crippen LogP contribution in [0.3, 0.4) is 0 Å². The van der Waals surface area contributed by atoms with Gasteiger partial charge in [-0.3, -0.25) is 14.9 Å². The molecule has 0 fully saturated rings. The number of aromatic nitrogens is 3. The molecule has 0 bridgehead atoms. The quantitative estimate of drug-likeness (QED) is 0.270. The van der Waals surface area contributed by atoms with Crippen LogP contribution >= 0.6 is 46.5 Å². The first kappa shape index (κ1) is 25.0. The van der Waals surface area contributed by atoms with Crippen LogP contribution in [0.4, 0.5) is 5.13 Å². The molecular weight excluding hydrogens is 528 g/mol. The standard InChI is InChI=1S/C23H17ClN4O4S3/c1-32-13-5-7-14(8-6-13)33-16-9-10-18(34-17-4-2-3-11-25-17)27-20(16)22(31)28-23-26-15(12-19(29)30)21(24)35-23/h2-11H,12H2,1H3,(H,29,30)(H,26,28,31). The maximum Gasteiger partial charge on any atom is 0.309 e. The van der Waals surface area contributed by atoms with Crippen LogP contribution in [-0.4, -0.2) is 39.0 Å². The highest BCUT2D eigenvalue weighted by Gasteiger charge is 2.20. The van der Waals surface area contributed by atoms with Gasteiger partial charge in [0.25, 0.3) is 5.91 Å². The first-order chi connectivity index (χ1) is 16.9. The fourth-order valence-corrected chi connectivity index (χ4v) is 5.49. The van der Waals surface area contributed by atoms with Gasteiger partial charge in [0.05, 0.1) is 19.2 Å². The van der Waals surface area contributed by atoms with Crippen LogP contribution in [-0.2, 0) is 11.2 Å². The summed E-state index contributed by atoms with van der Waals surface area (Å²) in [6.07, 6.45) is 1.35. The van der Waals surface area contributed by atoms with Crippen molar-refractivity contribution in [2.75, 3.05) is 12.4 Å². The number of ether oxygens (including phenoxy) is 1. The molecule has 8 nitrogen and oxygen atoms in total. The highest BCUT2D eigenvalue weighted by molar-refractivity contribution is 7.99. The zero-order valence-electron chi connectivity index (χ0n) is 18.1. The number of hydrogen-bond acceptors (Lipinski definition) is 9. The largest absolute Gasteiger partial charge is 0.497 e. The predicted molar refractivity (Wildman–Crippen MR) is 136 cm³/mol. The van der Waals surface area contributed by atoms with E-state index in [1.54, 1.807) is 13.3 Å². The van der Waals surface area contributed by atoms with E-state index in [0.717, 1.165) is 27.0 Å². The molecule has 178 valence electrons. The van der Waals surface area contributed by atoms with Crippen molar-refractivity contribution in [3.05, 3.63) is 76.5 Å². The van der Waals surface area contributed by atoms with Gasteiger partial charge in [-0.05, 0) is 48.5 Å². The Hall–Kier alpha value is -3.12. The number of carboxylic acid groups (broad SMARTS) is 1. The molecule has 4 aromatic rings. The fourth-order valence-electron chi connectivity index (χ4n) is 2.81. The number of benzene rings is 1. The maximum absolute atomic E-state index is 13.2. The number of carboxylic acids is 1. The molecule has 4 rings (SSSR count). The molecule has 0 aliphatic heterocycles. The number of amides is 1. The fraction of sp³-hybridized carbons (Fsp3) is 0.0870. The van der Waals surface area contributed by atoms with E-state index in [1.165, 1.54) is 23.5 Å². The molecule has 12 heteroatoms. The Kier molecular flexibility index (Phi) is 8.24. The zero-order valence-corrected chi connectivity index (χ0v) is 21.3. The molecule has 0 radical (unpaired) electrons. The highest BCUT2D eigenvalue weighted by atomic mass is 35.5. The number of aliphatic carboxylic acids is 1. The van der Waals surface area contributed by atoms with Crippen molar-refractivity contribution in [3.8, 4) is 5.75 Å². The number of pyridine rings is 2. The summed E-state index contributed by atoms with van der Waals surface area (Å²) in [6.45, 7) is 0. The second kappa shape index (κ2) is 11.5. The highest BCUT2D eigenvalue weighted by Crippen LogP contribution is 2.35. The molecule has 1 amide bonds. The molecular formula is C23H17ClN4O4S3. The summed E-state index contributed by atoms with van der Waals surface area (Å²) >= 11 is 9.80. The number of nitrogens with one attached hydrogen (secondary N) is 1. The van der Waals surface area contributed by atoms with Gasteiger partial charge in [-0.1, -0.05) is 52.5 Å². The van der Waals surface area contributed by atoms with E-state index in [-0.39, 0.29) is 27.3 Å². The minimum Gasteiger partial charge on any atom is -0.497 e. The number of methoxy groups -OCH3 is 1. The van der Waals surface area contributed by atoms with Crippen LogP contribution < -0.4 is 10.1 Å². The Bertz CT molecular complexity index is 1350. The Balaban J connectivity index is 1.63. The number of carbonyl (C=O) groups is 2. The van der Waals surface area contributed by atoms with E-state index in [1.807, 2.05) is 54.6 Å². The summed E-state index contributed by atoms with van der Waals surface area (Å²) < 4.78 is 5.42. The topological polar surface area (TPSA) is 114 Å². The van der Waals surface area contributed by atoms with Crippen molar-refractivity contribution in [2.24, 2.45) is 0 Å². The third-order valence-electron chi connectivity index (χ3n) is 4.37. The Morgan fingerprint density at radius 2 is 1.86 bits per heavy atom. The van der Waals surface area contributed by atoms with E-state index in [0.29, 0.717) is 9.92 Å². The lowest BCUT2D eigenvalue weighted by Crippen LogP contribution is -2.15. The molecule has 0 unspecified atom stereocenters. The maximum atomic E-state index is 13.2. The molecule has 0 aliphatic carbocycles. The van der Waals surface area contributed by atoms with Crippen LogP contribution in [0.1, 0.15) is 16.2 Å². The molecule has 0 aliphatic rings. The molecule has 1 aromatic carbocycles. The van der Waals surface area contributed by atoms with Crippen molar-refractivity contribution in [2.45, 2.75) is 26.3 Å². The third-order valence-corrected chi connectivity index (χ3v) is 7.57. The number of anilines is 1. The summed E-state index contributed by atoms with van der Waals surface area (Å²) in [5.41, 5.74) is 0.387. The lowest BCUT2D eigenvalue weighted by Gasteiger charge is -2.10. The average molecular weight is 545 g/mol. The average Bonchev–Trinajstić information content (AvgIpc) is 3.18. The lowest BCUT2D eigenvalue weighted by atomic mass is 10.3. The summed E-state index contributed by atoms with van der Waals surface area (Å²) in [6, 6.07) is 16.7. The van der Waals surface area contributed by atoms with E-state index in [9.17, 15) is 9.59 Å². The smallest absolute Gasteiger partial charge is 0.309 e. The SMILES string of the molecule is COc1ccc(Sc2ccc(Sc3ccccn3)nc2C(=O)Nc2nc(CC(=O)O)c(Cl)s2)cc1. The van der Waals surface area contributed by atoms with Crippen LogP contribution in [0.2, 0.25) is 4.34 Å². The predicted octanol–water partition coefficient (Wildman–Crippen LogP) is 5.78. The second-order valence-electron chi connectivity index (χ2n) is 6.81. The number of hydrogen-bond donors (Lipinski definition) is 2. The van der Waals surface area contributed by atoms with Gasteiger partial charge in [-0.25, -0.2) is 15.0 Å². The molecule has 0 atom stereocenters. The summed E-state index contributed by atoms with van der Waals surface area (Å²) in [4.78, 5) is 38.8.